The van der Waals surface area contributed by atoms with Crippen LogP contribution in [0.5, 0.6) is 0 Å². The highest BCUT2D eigenvalue weighted by molar-refractivity contribution is 5.38. The number of rotatable bonds is 3. The molecule has 0 fully saturated rings. The maximum Gasteiger partial charge on any atom is 0.123 e. The van der Waals surface area contributed by atoms with Crippen molar-refractivity contribution in [1.82, 2.24) is 0 Å². The van der Waals surface area contributed by atoms with Gasteiger partial charge in [0.15, 0.2) is 0 Å². The Hall–Kier alpha value is -1.67. The molecule has 0 aliphatic carbocycles. The average molecular weight is 258 g/mol. The van der Waals surface area contributed by atoms with Crippen molar-refractivity contribution in [3.63, 3.8) is 0 Å². The van der Waals surface area contributed by atoms with Crippen LogP contribution in [0.1, 0.15) is 41.2 Å². The van der Waals surface area contributed by atoms with E-state index in [2.05, 4.69) is 0 Å². The first-order valence-electron chi connectivity index (χ1n) is 6.50. The van der Waals surface area contributed by atoms with Crippen molar-refractivity contribution >= 4 is 0 Å². The van der Waals surface area contributed by atoms with Crippen LogP contribution in [0.3, 0.4) is 0 Å². The van der Waals surface area contributed by atoms with E-state index >= 15 is 0 Å². The zero-order valence-electron chi connectivity index (χ0n) is 11.5. The van der Waals surface area contributed by atoms with Gasteiger partial charge in [0.2, 0.25) is 0 Å². The second-order valence-electron chi connectivity index (χ2n) is 5.10. The van der Waals surface area contributed by atoms with Gasteiger partial charge in [-0.25, -0.2) is 4.39 Å². The van der Waals surface area contributed by atoms with Gasteiger partial charge in [0.25, 0.3) is 0 Å². The molecule has 0 spiro atoms. The minimum atomic E-state index is -0.622. The van der Waals surface area contributed by atoms with Crippen LogP contribution in [0.25, 0.3) is 0 Å². The Morgan fingerprint density at radius 3 is 2.05 bits per heavy atom. The zero-order chi connectivity index (χ0) is 14.0. The molecule has 2 atom stereocenters. The van der Waals surface area contributed by atoms with Crippen molar-refractivity contribution in [2.75, 3.05) is 0 Å². The number of aliphatic hydroxyl groups excluding tert-OH is 1. The third-order valence-electron chi connectivity index (χ3n) is 3.65. The summed E-state index contributed by atoms with van der Waals surface area (Å²) < 4.78 is 13.3. The van der Waals surface area contributed by atoms with Crippen molar-refractivity contribution in [1.29, 1.82) is 0 Å². The fraction of sp³-hybridized carbons (Fsp3) is 0.294. The zero-order valence-corrected chi connectivity index (χ0v) is 11.5. The van der Waals surface area contributed by atoms with Gasteiger partial charge in [0.1, 0.15) is 5.82 Å². The van der Waals surface area contributed by atoms with E-state index in [9.17, 15) is 9.50 Å². The Morgan fingerprint density at radius 1 is 1.00 bits per heavy atom. The fourth-order valence-corrected chi connectivity index (χ4v) is 2.58. The first-order valence-corrected chi connectivity index (χ1v) is 6.50. The van der Waals surface area contributed by atoms with Gasteiger partial charge < -0.3 is 5.11 Å². The van der Waals surface area contributed by atoms with E-state index in [0.29, 0.717) is 0 Å². The van der Waals surface area contributed by atoms with E-state index in [-0.39, 0.29) is 11.7 Å². The molecule has 0 radical (unpaired) electrons. The van der Waals surface area contributed by atoms with Gasteiger partial charge in [-0.05, 0) is 48.2 Å². The summed E-state index contributed by atoms with van der Waals surface area (Å²) in [6.07, 6.45) is -0.622. The Kier molecular flexibility index (Phi) is 4.01. The molecule has 1 nitrogen and oxygen atoms in total. The van der Waals surface area contributed by atoms with Gasteiger partial charge >= 0.3 is 0 Å². The van der Waals surface area contributed by atoms with E-state index in [4.69, 9.17) is 0 Å². The average Bonchev–Trinajstić information content (AvgIpc) is 2.37. The summed E-state index contributed by atoms with van der Waals surface area (Å²) in [6.45, 7) is 5.67. The normalized spacial score (nSPS) is 14.2. The summed E-state index contributed by atoms with van der Waals surface area (Å²) in [4.78, 5) is 0. The highest BCUT2D eigenvalue weighted by atomic mass is 19.1. The van der Waals surface area contributed by atoms with Gasteiger partial charge in [-0.3, -0.25) is 0 Å². The standard InChI is InChI=1S/C17H19FO/c1-11-9-15(18)10-12(2)16(11)17(19)13(3)14-7-5-4-6-8-14/h4-10,13,17,19H,1-3H3. The van der Waals surface area contributed by atoms with E-state index in [0.717, 1.165) is 22.3 Å². The van der Waals surface area contributed by atoms with E-state index in [1.54, 1.807) is 0 Å². The predicted molar refractivity (Wildman–Crippen MR) is 75.7 cm³/mol. The molecular formula is C17H19FO. The quantitative estimate of drug-likeness (QED) is 0.871. The summed E-state index contributed by atoms with van der Waals surface area (Å²) in [5, 5.41) is 10.6. The lowest BCUT2D eigenvalue weighted by Crippen LogP contribution is -2.11. The molecule has 2 heteroatoms. The predicted octanol–water partition coefficient (Wildman–Crippen LogP) is 4.28. The van der Waals surface area contributed by atoms with Crippen LogP contribution in [-0.4, -0.2) is 5.11 Å². The second-order valence-corrected chi connectivity index (χ2v) is 5.10. The minimum absolute atomic E-state index is 0.0240. The SMILES string of the molecule is Cc1cc(F)cc(C)c1C(O)C(C)c1ccccc1. The number of halogens is 1. The van der Waals surface area contributed by atoms with Crippen molar-refractivity contribution in [2.24, 2.45) is 0 Å². The molecule has 0 aromatic heterocycles. The number of aryl methyl sites for hydroxylation is 2. The van der Waals surface area contributed by atoms with Crippen molar-refractivity contribution in [3.05, 3.63) is 70.5 Å². The third kappa shape index (κ3) is 2.85. The maximum atomic E-state index is 13.3. The molecule has 0 amide bonds. The molecule has 0 aliphatic rings. The first kappa shape index (κ1) is 13.8. The van der Waals surface area contributed by atoms with Gasteiger partial charge in [-0.1, -0.05) is 37.3 Å². The van der Waals surface area contributed by atoms with Gasteiger partial charge in [-0.15, -0.1) is 0 Å². The van der Waals surface area contributed by atoms with E-state index < -0.39 is 6.10 Å². The van der Waals surface area contributed by atoms with Gasteiger partial charge in [0, 0.05) is 5.92 Å². The minimum Gasteiger partial charge on any atom is -0.388 e. The Labute approximate surface area is 113 Å². The van der Waals surface area contributed by atoms with Crippen LogP contribution in [0, 0.1) is 19.7 Å². The second kappa shape index (κ2) is 5.54. The van der Waals surface area contributed by atoms with Gasteiger partial charge in [0.05, 0.1) is 6.10 Å². The summed E-state index contributed by atoms with van der Waals surface area (Å²) in [6, 6.07) is 12.8. The van der Waals surface area contributed by atoms with Crippen LogP contribution >= 0.6 is 0 Å². The van der Waals surface area contributed by atoms with Crippen molar-refractivity contribution < 1.29 is 9.50 Å². The third-order valence-corrected chi connectivity index (χ3v) is 3.65. The molecule has 2 aromatic rings. The lowest BCUT2D eigenvalue weighted by atomic mass is 9.86. The molecule has 2 unspecified atom stereocenters. The summed E-state index contributed by atoms with van der Waals surface area (Å²) >= 11 is 0. The number of hydrogen-bond acceptors (Lipinski definition) is 1. The Morgan fingerprint density at radius 2 is 1.53 bits per heavy atom. The topological polar surface area (TPSA) is 20.2 Å². The smallest absolute Gasteiger partial charge is 0.123 e. The largest absolute Gasteiger partial charge is 0.388 e. The molecule has 0 saturated heterocycles. The molecule has 0 bridgehead atoms. The molecule has 100 valence electrons. The maximum absolute atomic E-state index is 13.3. The Balaban J connectivity index is 2.37. The number of benzene rings is 2. The summed E-state index contributed by atoms with van der Waals surface area (Å²) in [5.41, 5.74) is 3.51. The molecule has 0 heterocycles. The van der Waals surface area contributed by atoms with E-state index in [1.165, 1.54) is 12.1 Å². The summed E-state index contributed by atoms with van der Waals surface area (Å²) in [5.74, 6) is -0.276. The van der Waals surface area contributed by atoms with E-state index in [1.807, 2.05) is 51.1 Å². The number of hydrogen-bond donors (Lipinski definition) is 1. The molecular weight excluding hydrogens is 239 g/mol. The van der Waals surface area contributed by atoms with Gasteiger partial charge in [-0.2, -0.15) is 0 Å². The highest BCUT2D eigenvalue weighted by Gasteiger charge is 2.21. The molecule has 2 rings (SSSR count). The van der Waals surface area contributed by atoms with Crippen LogP contribution in [0.2, 0.25) is 0 Å². The van der Waals surface area contributed by atoms with Crippen LogP contribution in [0.15, 0.2) is 42.5 Å². The number of aliphatic hydroxyl groups is 1. The van der Waals surface area contributed by atoms with Crippen LogP contribution in [0.4, 0.5) is 4.39 Å². The first-order chi connectivity index (χ1) is 9.00. The monoisotopic (exact) mass is 258 g/mol. The van der Waals surface area contributed by atoms with Crippen LogP contribution in [-0.2, 0) is 0 Å². The molecule has 1 N–H and O–H groups in total. The van der Waals surface area contributed by atoms with Crippen LogP contribution < -0.4 is 0 Å². The Bertz CT molecular complexity index is 540. The van der Waals surface area contributed by atoms with Crippen molar-refractivity contribution in [2.45, 2.75) is 32.8 Å². The van der Waals surface area contributed by atoms with Crippen molar-refractivity contribution in [3.8, 4) is 0 Å². The fourth-order valence-electron chi connectivity index (χ4n) is 2.58. The molecule has 2 aromatic carbocycles. The lowest BCUT2D eigenvalue weighted by molar-refractivity contribution is 0.150. The molecule has 0 saturated carbocycles. The highest BCUT2D eigenvalue weighted by Crippen LogP contribution is 2.34. The lowest BCUT2D eigenvalue weighted by Gasteiger charge is -2.23. The molecule has 0 aliphatic heterocycles. The molecule has 19 heavy (non-hydrogen) atoms. The summed E-state index contributed by atoms with van der Waals surface area (Å²) in [7, 11) is 0.